The Balaban J connectivity index is 2.70. The zero-order chi connectivity index (χ0) is 17.5. The van der Waals surface area contributed by atoms with E-state index in [-0.39, 0.29) is 0 Å². The van der Waals surface area contributed by atoms with Gasteiger partial charge in [-0.15, -0.1) is 0 Å². The van der Waals surface area contributed by atoms with E-state index in [0.717, 1.165) is 11.3 Å². The van der Waals surface area contributed by atoms with Crippen molar-refractivity contribution in [2.75, 3.05) is 14.2 Å². The van der Waals surface area contributed by atoms with Crippen LogP contribution in [0, 0.1) is 5.41 Å². The van der Waals surface area contributed by atoms with Gasteiger partial charge >= 0.3 is 6.09 Å². The lowest BCUT2D eigenvalue weighted by Crippen LogP contribution is -2.52. The van der Waals surface area contributed by atoms with Crippen LogP contribution in [-0.4, -0.2) is 38.5 Å². The third-order valence-electron chi connectivity index (χ3n) is 3.08. The molecule has 126 valence electrons. The molecule has 0 aromatic heterocycles. The lowest BCUT2D eigenvalue weighted by Gasteiger charge is -2.28. The predicted molar refractivity (Wildman–Crippen MR) is 87.5 cm³/mol. The first-order valence-corrected chi connectivity index (χ1v) is 7.09. The number of benzene rings is 1. The van der Waals surface area contributed by atoms with Crippen LogP contribution < -0.4 is 15.5 Å². The second kappa shape index (κ2) is 8.17. The van der Waals surface area contributed by atoms with Crippen LogP contribution in [0.1, 0.15) is 26.3 Å². The molecule has 0 fully saturated rings. The Morgan fingerprint density at radius 1 is 1.17 bits per heavy atom. The highest BCUT2D eigenvalue weighted by atomic mass is 16.5. The van der Waals surface area contributed by atoms with E-state index in [1.165, 1.54) is 13.3 Å². The van der Waals surface area contributed by atoms with Gasteiger partial charge in [-0.25, -0.2) is 10.2 Å². The number of carbonyl (C=O) groups is 2. The van der Waals surface area contributed by atoms with Crippen LogP contribution in [0.5, 0.6) is 5.75 Å². The van der Waals surface area contributed by atoms with Gasteiger partial charge in [0.15, 0.2) is 0 Å². The highest BCUT2D eigenvalue weighted by molar-refractivity contribution is 5.88. The molecule has 1 aromatic carbocycles. The molecule has 0 saturated carbocycles. The van der Waals surface area contributed by atoms with Crippen LogP contribution in [0.3, 0.4) is 0 Å². The predicted octanol–water partition coefficient (Wildman–Crippen LogP) is 1.92. The third-order valence-corrected chi connectivity index (χ3v) is 3.08. The number of hydrogen-bond acceptors (Lipinski definition) is 5. The maximum Gasteiger partial charge on any atom is 0.407 e. The molecular formula is C16H23N3O4. The van der Waals surface area contributed by atoms with E-state index in [1.54, 1.807) is 19.2 Å². The molecule has 0 aliphatic carbocycles. The van der Waals surface area contributed by atoms with E-state index in [2.05, 4.69) is 20.6 Å². The molecule has 2 amide bonds. The van der Waals surface area contributed by atoms with Gasteiger partial charge in [-0.2, -0.15) is 5.10 Å². The molecule has 0 heterocycles. The number of carbonyl (C=O) groups excluding carboxylic acids is 2. The van der Waals surface area contributed by atoms with Crippen molar-refractivity contribution < 1.29 is 19.1 Å². The van der Waals surface area contributed by atoms with Gasteiger partial charge in [-0.3, -0.25) is 4.79 Å². The number of hydrogen-bond donors (Lipinski definition) is 2. The summed E-state index contributed by atoms with van der Waals surface area (Å²) in [5, 5.41) is 6.41. The first-order valence-electron chi connectivity index (χ1n) is 7.09. The molecule has 0 radical (unpaired) electrons. The Labute approximate surface area is 136 Å². The zero-order valence-electron chi connectivity index (χ0n) is 14.0. The summed E-state index contributed by atoms with van der Waals surface area (Å²) in [6.45, 7) is 5.50. The Morgan fingerprint density at radius 3 is 2.26 bits per heavy atom. The summed E-state index contributed by atoms with van der Waals surface area (Å²) in [7, 11) is 2.83. The Hall–Kier alpha value is -2.57. The van der Waals surface area contributed by atoms with Crippen molar-refractivity contribution in [2.24, 2.45) is 10.5 Å². The number of rotatable bonds is 5. The molecule has 0 unspecified atom stereocenters. The van der Waals surface area contributed by atoms with Crippen LogP contribution in [0.2, 0.25) is 0 Å². The summed E-state index contributed by atoms with van der Waals surface area (Å²) in [4.78, 5) is 23.6. The molecule has 1 atom stereocenters. The van der Waals surface area contributed by atoms with Gasteiger partial charge in [0, 0.05) is 0 Å². The maximum atomic E-state index is 12.2. The minimum absolute atomic E-state index is 0.423. The summed E-state index contributed by atoms with van der Waals surface area (Å²) in [6, 6.07) is 6.42. The minimum atomic E-state index is -0.775. The highest BCUT2D eigenvalue weighted by Crippen LogP contribution is 2.19. The van der Waals surface area contributed by atoms with E-state index in [4.69, 9.17) is 4.74 Å². The largest absolute Gasteiger partial charge is 0.497 e. The Morgan fingerprint density at radius 2 is 1.78 bits per heavy atom. The van der Waals surface area contributed by atoms with Crippen molar-refractivity contribution in [2.45, 2.75) is 26.8 Å². The summed E-state index contributed by atoms with van der Waals surface area (Å²) >= 11 is 0. The quantitative estimate of drug-likeness (QED) is 0.640. The second-order valence-corrected chi connectivity index (χ2v) is 5.94. The third kappa shape index (κ3) is 5.98. The van der Waals surface area contributed by atoms with Crippen molar-refractivity contribution >= 4 is 18.2 Å². The molecule has 0 aliphatic heterocycles. The second-order valence-electron chi connectivity index (χ2n) is 5.94. The topological polar surface area (TPSA) is 89.0 Å². The number of hydrazone groups is 1. The first kappa shape index (κ1) is 18.5. The molecule has 7 heteroatoms. The molecule has 2 N–H and O–H groups in total. The Bertz CT molecular complexity index is 562. The number of methoxy groups -OCH3 is 2. The average Bonchev–Trinajstić information content (AvgIpc) is 2.51. The van der Waals surface area contributed by atoms with Gasteiger partial charge in [0.05, 0.1) is 20.4 Å². The van der Waals surface area contributed by atoms with Crippen molar-refractivity contribution in [3.8, 4) is 5.75 Å². The van der Waals surface area contributed by atoms with Crippen molar-refractivity contribution in [3.63, 3.8) is 0 Å². The molecule has 1 rings (SSSR count). The fourth-order valence-corrected chi connectivity index (χ4v) is 1.78. The lowest BCUT2D eigenvalue weighted by atomic mass is 9.86. The van der Waals surface area contributed by atoms with Crippen LogP contribution in [0.15, 0.2) is 29.4 Å². The molecule has 0 saturated heterocycles. The van der Waals surface area contributed by atoms with Crippen LogP contribution in [0.25, 0.3) is 0 Å². The normalized spacial score (nSPS) is 12.6. The average molecular weight is 321 g/mol. The van der Waals surface area contributed by atoms with Crippen molar-refractivity contribution in [1.29, 1.82) is 0 Å². The molecule has 23 heavy (non-hydrogen) atoms. The van der Waals surface area contributed by atoms with Crippen molar-refractivity contribution in [1.82, 2.24) is 10.7 Å². The SMILES string of the molecule is COC(=O)N[C@H](C(=O)NN=Cc1ccc(OC)cc1)C(C)(C)C. The minimum Gasteiger partial charge on any atom is -0.497 e. The zero-order valence-corrected chi connectivity index (χ0v) is 14.0. The smallest absolute Gasteiger partial charge is 0.407 e. The molecule has 1 aromatic rings. The standard InChI is InChI=1S/C16H23N3O4/c1-16(2,3)13(18-15(21)23-5)14(20)19-17-10-11-6-8-12(22-4)9-7-11/h6-10,13H,1-5H3,(H,18,21)(H,19,20)/t13-/m1/s1. The number of nitrogens with one attached hydrogen (secondary N) is 2. The lowest BCUT2D eigenvalue weighted by molar-refractivity contribution is -0.125. The number of amides is 2. The molecule has 0 bridgehead atoms. The molecule has 7 nitrogen and oxygen atoms in total. The van der Waals surface area contributed by atoms with Gasteiger partial charge in [-0.05, 0) is 35.2 Å². The van der Waals surface area contributed by atoms with E-state index in [1.807, 2.05) is 32.9 Å². The number of alkyl carbamates (subject to hydrolysis) is 1. The Kier molecular flexibility index (Phi) is 6.56. The van der Waals surface area contributed by atoms with Crippen LogP contribution in [0.4, 0.5) is 4.79 Å². The van der Waals surface area contributed by atoms with Crippen molar-refractivity contribution in [3.05, 3.63) is 29.8 Å². The fraction of sp³-hybridized carbons (Fsp3) is 0.438. The monoisotopic (exact) mass is 321 g/mol. The first-order chi connectivity index (χ1) is 10.8. The van der Waals surface area contributed by atoms with E-state index < -0.39 is 23.5 Å². The van der Waals surface area contributed by atoms with Crippen LogP contribution >= 0.6 is 0 Å². The van der Waals surface area contributed by atoms with Gasteiger partial charge in [0.1, 0.15) is 11.8 Å². The summed E-state index contributed by atoms with van der Waals surface area (Å²) in [6.07, 6.45) is 0.842. The van der Waals surface area contributed by atoms with E-state index >= 15 is 0 Å². The van der Waals surface area contributed by atoms with Gasteiger partial charge in [0.25, 0.3) is 5.91 Å². The van der Waals surface area contributed by atoms with Gasteiger partial charge in [-0.1, -0.05) is 20.8 Å². The van der Waals surface area contributed by atoms with E-state index in [0.29, 0.717) is 0 Å². The summed E-state index contributed by atoms with van der Waals surface area (Å²) in [5.41, 5.74) is 2.74. The summed E-state index contributed by atoms with van der Waals surface area (Å²) < 4.78 is 9.60. The fourth-order valence-electron chi connectivity index (χ4n) is 1.78. The molecule has 0 aliphatic rings. The van der Waals surface area contributed by atoms with Gasteiger partial charge < -0.3 is 14.8 Å². The van der Waals surface area contributed by atoms with E-state index in [9.17, 15) is 9.59 Å². The van der Waals surface area contributed by atoms with Crippen LogP contribution in [-0.2, 0) is 9.53 Å². The molecule has 0 spiro atoms. The number of nitrogens with zero attached hydrogens (tertiary/aromatic N) is 1. The maximum absolute atomic E-state index is 12.2. The van der Waals surface area contributed by atoms with Gasteiger partial charge in [0.2, 0.25) is 0 Å². The summed E-state index contributed by atoms with van der Waals surface area (Å²) in [5.74, 6) is 0.314. The molecular weight excluding hydrogens is 298 g/mol. The highest BCUT2D eigenvalue weighted by Gasteiger charge is 2.33. The number of ether oxygens (including phenoxy) is 2.